The monoisotopic (exact) mass is 380 g/mol. The number of carbonyl (C=O) groups is 3. The minimum Gasteiger partial charge on any atom is -0.481 e. The molecule has 0 aromatic rings. The summed E-state index contributed by atoms with van der Waals surface area (Å²) in [5.41, 5.74) is -2.11. The number of esters is 2. The van der Waals surface area contributed by atoms with Crippen molar-refractivity contribution in [3.63, 3.8) is 0 Å². The fourth-order valence-electron chi connectivity index (χ4n) is 5.90. The van der Waals surface area contributed by atoms with Crippen molar-refractivity contribution in [2.45, 2.75) is 90.8 Å². The average Bonchev–Trinajstić information content (AvgIpc) is 2.42. The van der Waals surface area contributed by atoms with Gasteiger partial charge in [-0.25, -0.2) is 0 Å². The van der Waals surface area contributed by atoms with Crippen molar-refractivity contribution in [1.29, 1.82) is 0 Å². The van der Waals surface area contributed by atoms with Crippen LogP contribution in [0.3, 0.4) is 0 Å². The molecule has 4 fully saturated rings. The Balaban J connectivity index is 1.84. The zero-order valence-electron chi connectivity index (χ0n) is 17.1. The molecule has 0 aromatic carbocycles. The van der Waals surface area contributed by atoms with E-state index in [1.54, 1.807) is 0 Å². The summed E-state index contributed by atoms with van der Waals surface area (Å²) in [6, 6.07) is 0. The van der Waals surface area contributed by atoms with Crippen LogP contribution in [0.25, 0.3) is 0 Å². The van der Waals surface area contributed by atoms with Gasteiger partial charge in [-0.3, -0.25) is 14.4 Å². The Morgan fingerprint density at radius 3 is 2.04 bits per heavy atom. The largest absolute Gasteiger partial charge is 0.481 e. The molecule has 0 spiro atoms. The number of ether oxygens (including phenoxy) is 2. The summed E-state index contributed by atoms with van der Waals surface area (Å²) in [4.78, 5) is 35.5. The van der Waals surface area contributed by atoms with E-state index in [-0.39, 0.29) is 11.4 Å². The lowest BCUT2D eigenvalue weighted by Crippen LogP contribution is -2.64. The molecule has 0 heterocycles. The van der Waals surface area contributed by atoms with E-state index in [1.165, 1.54) is 0 Å². The number of aliphatic carboxylic acids is 1. The second-order valence-electron chi connectivity index (χ2n) is 10.6. The van der Waals surface area contributed by atoms with Crippen LogP contribution in [-0.4, -0.2) is 34.2 Å². The minimum atomic E-state index is -1.18. The molecule has 0 saturated heterocycles. The highest BCUT2D eigenvalue weighted by Gasteiger charge is 2.65. The molecule has 2 atom stereocenters. The number of carbonyl (C=O) groups excluding carboxylic acids is 2. The Morgan fingerprint density at radius 2 is 1.56 bits per heavy atom. The van der Waals surface area contributed by atoms with Gasteiger partial charge in [0.25, 0.3) is 0 Å². The predicted octanol–water partition coefficient (Wildman–Crippen LogP) is 3.71. The van der Waals surface area contributed by atoms with Gasteiger partial charge in [0, 0.05) is 5.41 Å². The molecule has 6 nitrogen and oxygen atoms in total. The van der Waals surface area contributed by atoms with E-state index in [2.05, 4.69) is 0 Å². The summed E-state index contributed by atoms with van der Waals surface area (Å²) < 4.78 is 11.8. The van der Waals surface area contributed by atoms with E-state index >= 15 is 0 Å². The van der Waals surface area contributed by atoms with Gasteiger partial charge < -0.3 is 14.6 Å². The van der Waals surface area contributed by atoms with Crippen LogP contribution in [0.4, 0.5) is 0 Å². The molecular weight excluding hydrogens is 348 g/mol. The molecule has 4 bridgehead atoms. The number of rotatable bonds is 5. The lowest BCUT2D eigenvalue weighted by molar-refractivity contribution is -0.245. The highest BCUT2D eigenvalue weighted by molar-refractivity contribution is 5.90. The maximum atomic E-state index is 12.6. The molecule has 4 aliphatic rings. The first-order valence-corrected chi connectivity index (χ1v) is 9.93. The molecule has 4 rings (SSSR count). The first kappa shape index (κ1) is 20.2. The summed E-state index contributed by atoms with van der Waals surface area (Å²) in [6.45, 7) is 9.37. The van der Waals surface area contributed by atoms with Crippen LogP contribution < -0.4 is 0 Å². The van der Waals surface area contributed by atoms with E-state index in [0.29, 0.717) is 18.3 Å². The Hall–Kier alpha value is -1.59. The van der Waals surface area contributed by atoms with Crippen LogP contribution in [0.5, 0.6) is 0 Å². The second-order valence-corrected chi connectivity index (χ2v) is 10.6. The lowest BCUT2D eigenvalue weighted by atomic mass is 9.44. The quantitative estimate of drug-likeness (QED) is 0.578. The van der Waals surface area contributed by atoms with Crippen LogP contribution >= 0.6 is 0 Å². The highest BCUT2D eigenvalue weighted by atomic mass is 16.6. The van der Waals surface area contributed by atoms with E-state index in [9.17, 15) is 14.4 Å². The van der Waals surface area contributed by atoms with Crippen molar-refractivity contribution in [3.8, 4) is 0 Å². The summed E-state index contributed by atoms with van der Waals surface area (Å²) in [6.07, 6.45) is 4.82. The SMILES string of the molecule is CC(C)(C)C(=O)OC12CC3CC(C1)CC(C(C)(C)OC(=O)CC(=O)O)(C3)C2. The van der Waals surface area contributed by atoms with Gasteiger partial charge in [-0.15, -0.1) is 0 Å². The fraction of sp³-hybridized carbons (Fsp3) is 0.857. The van der Waals surface area contributed by atoms with Crippen LogP contribution in [0.15, 0.2) is 0 Å². The molecule has 2 unspecified atom stereocenters. The number of carboxylic acids is 1. The van der Waals surface area contributed by atoms with Crippen LogP contribution in [0, 0.1) is 22.7 Å². The maximum absolute atomic E-state index is 12.6. The molecule has 27 heavy (non-hydrogen) atoms. The normalized spacial score (nSPS) is 35.0. The van der Waals surface area contributed by atoms with Crippen LogP contribution in [-0.2, 0) is 23.9 Å². The molecule has 0 amide bonds. The molecule has 0 aliphatic heterocycles. The first-order chi connectivity index (χ1) is 12.3. The van der Waals surface area contributed by atoms with Crippen LogP contribution in [0.1, 0.15) is 79.6 Å². The second kappa shape index (κ2) is 6.21. The van der Waals surface area contributed by atoms with Crippen molar-refractivity contribution >= 4 is 17.9 Å². The van der Waals surface area contributed by atoms with Gasteiger partial charge in [0.2, 0.25) is 0 Å². The predicted molar refractivity (Wildman–Crippen MR) is 97.8 cm³/mol. The third-order valence-corrected chi connectivity index (χ3v) is 6.87. The summed E-state index contributed by atoms with van der Waals surface area (Å²) in [5, 5.41) is 8.87. The first-order valence-electron chi connectivity index (χ1n) is 9.93. The van der Waals surface area contributed by atoms with Gasteiger partial charge in [0.1, 0.15) is 17.6 Å². The van der Waals surface area contributed by atoms with Gasteiger partial charge >= 0.3 is 17.9 Å². The molecular formula is C21H32O6. The Morgan fingerprint density at radius 1 is 1.00 bits per heavy atom. The zero-order chi connectivity index (χ0) is 20.3. The van der Waals surface area contributed by atoms with Gasteiger partial charge in [-0.05, 0) is 85.0 Å². The third kappa shape index (κ3) is 3.72. The molecule has 0 aromatic heterocycles. The Labute approximate surface area is 161 Å². The highest BCUT2D eigenvalue weighted by Crippen LogP contribution is 2.66. The van der Waals surface area contributed by atoms with E-state index < -0.39 is 35.0 Å². The zero-order valence-corrected chi connectivity index (χ0v) is 17.1. The third-order valence-electron chi connectivity index (χ3n) is 6.87. The number of hydrogen-bond acceptors (Lipinski definition) is 5. The Bertz CT molecular complexity index is 642. The molecule has 152 valence electrons. The molecule has 6 heteroatoms. The van der Waals surface area contributed by atoms with E-state index in [0.717, 1.165) is 32.1 Å². The van der Waals surface area contributed by atoms with Crippen molar-refractivity contribution in [2.24, 2.45) is 22.7 Å². The van der Waals surface area contributed by atoms with Crippen molar-refractivity contribution in [3.05, 3.63) is 0 Å². The minimum absolute atomic E-state index is 0.180. The Kier molecular flexibility index (Phi) is 4.64. The molecule has 1 N–H and O–H groups in total. The van der Waals surface area contributed by atoms with Crippen molar-refractivity contribution < 1.29 is 29.0 Å². The molecule has 4 saturated carbocycles. The van der Waals surface area contributed by atoms with Gasteiger partial charge in [0.15, 0.2) is 0 Å². The summed E-state index contributed by atoms with van der Waals surface area (Å²) in [5.74, 6) is -1.16. The maximum Gasteiger partial charge on any atom is 0.317 e. The number of hydrogen-bond donors (Lipinski definition) is 1. The fourth-order valence-corrected chi connectivity index (χ4v) is 5.90. The van der Waals surface area contributed by atoms with Crippen molar-refractivity contribution in [1.82, 2.24) is 0 Å². The lowest BCUT2D eigenvalue weighted by Gasteiger charge is -2.65. The van der Waals surface area contributed by atoms with Crippen molar-refractivity contribution in [2.75, 3.05) is 0 Å². The van der Waals surface area contributed by atoms with E-state index in [4.69, 9.17) is 14.6 Å². The van der Waals surface area contributed by atoms with Gasteiger partial charge in [-0.1, -0.05) is 0 Å². The van der Waals surface area contributed by atoms with Crippen LogP contribution in [0.2, 0.25) is 0 Å². The summed E-state index contributed by atoms with van der Waals surface area (Å²) in [7, 11) is 0. The van der Waals surface area contributed by atoms with Gasteiger partial charge in [-0.2, -0.15) is 0 Å². The van der Waals surface area contributed by atoms with Gasteiger partial charge in [0.05, 0.1) is 5.41 Å². The average molecular weight is 380 g/mol. The topological polar surface area (TPSA) is 89.9 Å². The molecule has 4 aliphatic carbocycles. The summed E-state index contributed by atoms with van der Waals surface area (Å²) >= 11 is 0. The molecule has 0 radical (unpaired) electrons. The van der Waals surface area contributed by atoms with E-state index in [1.807, 2.05) is 34.6 Å². The smallest absolute Gasteiger partial charge is 0.317 e. The number of carboxylic acid groups (broad SMARTS) is 1. The standard InChI is InChI=1S/C21H32O6/c1-18(2,3)17(25)27-21-10-13-6-14(11-21)9-20(8-13,12-21)19(4,5)26-16(24)7-15(22)23/h13-14H,6-12H2,1-5H3,(H,22,23).